The lowest BCUT2D eigenvalue weighted by Crippen LogP contribution is -1.99. The number of carbonyl (C=O) groups is 3. The Hall–Kier alpha value is -15.1. The van der Waals surface area contributed by atoms with E-state index in [0.717, 1.165) is 112 Å². The Kier molecular flexibility index (Phi) is 21.0. The van der Waals surface area contributed by atoms with Crippen molar-refractivity contribution < 1.29 is 44.3 Å². The molecule has 512 valence electrons. The summed E-state index contributed by atoms with van der Waals surface area (Å²) >= 11 is 0. The van der Waals surface area contributed by atoms with E-state index in [0.29, 0.717) is 27.6 Å². The second kappa shape index (κ2) is 31.0. The molecular weight excluding hydrogens is 1320 g/mol. The van der Waals surface area contributed by atoms with Gasteiger partial charge in [0.2, 0.25) is 11.6 Å². The summed E-state index contributed by atoms with van der Waals surface area (Å²) in [5, 5.41) is 88.2. The molecule has 5 aromatic heterocycles. The predicted molar refractivity (Wildman–Crippen MR) is 404 cm³/mol. The monoisotopic (exact) mass is 1380 g/mol. The zero-order chi connectivity index (χ0) is 73.3. The summed E-state index contributed by atoms with van der Waals surface area (Å²) in [6.07, 6.45) is 6.24. The molecule has 0 fully saturated rings. The van der Waals surface area contributed by atoms with Gasteiger partial charge in [0.15, 0.2) is 18.7 Å². The molecule has 0 bridgehead atoms. The third kappa shape index (κ3) is 14.0. The van der Waals surface area contributed by atoms with Crippen molar-refractivity contribution in [3.8, 4) is 98.6 Å². The molecule has 15 aromatic rings. The first kappa shape index (κ1) is 71.2. The SMILES string of the molecule is C.Cn1c(-c2ccccc2)c(/C=C2\Oc3cc(O)cc(O)c3C2=O)c2c(C#N)cccc21.Cn1c(-c2ccccc2)c(C=O)c2c(C#N)cccc21.Cn1c(-c2ccccc2)cc2c(C#N)cccc21.Cn1ccc2c(C#N)cccc21.N#Cc1cccc2[nH]ccc12.O=C1COc2cc(O)cc(O)c21. The fraction of sp³-hybridized carbons (Fsp3) is 0.0698. The van der Waals surface area contributed by atoms with E-state index in [1.807, 2.05) is 224 Å². The number of phenolic OH excluding ortho intramolecular Hbond substituents is 4. The smallest absolute Gasteiger partial charge is 0.235 e. The molecule has 0 radical (unpaired) electrons. The minimum absolute atomic E-state index is 0. The van der Waals surface area contributed by atoms with Crippen molar-refractivity contribution in [3.05, 3.63) is 293 Å². The largest absolute Gasteiger partial charge is 0.508 e. The van der Waals surface area contributed by atoms with E-state index in [9.17, 15) is 40.2 Å². The van der Waals surface area contributed by atoms with Gasteiger partial charge in [0.05, 0.1) is 80.6 Å². The highest BCUT2D eigenvalue weighted by atomic mass is 16.5. The molecule has 17 rings (SSSR count). The number of rotatable bonds is 5. The summed E-state index contributed by atoms with van der Waals surface area (Å²) in [4.78, 5) is 38.6. The first-order chi connectivity index (χ1) is 50.5. The third-order valence-electron chi connectivity index (χ3n) is 17.7. The molecule has 0 atom stereocenters. The van der Waals surface area contributed by atoms with Crippen LogP contribution in [0.4, 0.5) is 0 Å². The van der Waals surface area contributed by atoms with Gasteiger partial charge >= 0.3 is 0 Å². The minimum atomic E-state index is -0.488. The molecule has 0 spiro atoms. The molecule has 7 heterocycles. The van der Waals surface area contributed by atoms with E-state index in [-0.39, 0.29) is 71.2 Å². The van der Waals surface area contributed by atoms with Crippen LogP contribution in [-0.4, -0.2) is 68.1 Å². The fourth-order valence-electron chi connectivity index (χ4n) is 12.9. The van der Waals surface area contributed by atoms with Crippen molar-refractivity contribution >= 4 is 78.4 Å². The molecule has 0 amide bonds. The molecule has 19 nitrogen and oxygen atoms in total. The maximum absolute atomic E-state index is 13.0. The highest BCUT2D eigenvalue weighted by Gasteiger charge is 2.33. The van der Waals surface area contributed by atoms with Crippen LogP contribution in [0.15, 0.2) is 243 Å². The number of allylic oxidation sites excluding steroid dienone is 1. The van der Waals surface area contributed by atoms with Crippen LogP contribution in [0.5, 0.6) is 34.5 Å². The maximum atomic E-state index is 13.0. The Morgan fingerprint density at radius 3 is 1.48 bits per heavy atom. The number of nitriles is 5. The molecule has 0 saturated carbocycles. The zero-order valence-corrected chi connectivity index (χ0v) is 56.2. The summed E-state index contributed by atoms with van der Waals surface area (Å²) in [5.41, 5.74) is 15.4. The number of aldehydes is 1. The second-order valence-corrected chi connectivity index (χ2v) is 23.9. The van der Waals surface area contributed by atoms with E-state index < -0.39 is 5.78 Å². The fourth-order valence-corrected chi connectivity index (χ4v) is 12.9. The third-order valence-corrected chi connectivity index (χ3v) is 17.7. The molecule has 2 aliphatic heterocycles. The van der Waals surface area contributed by atoms with E-state index in [1.54, 1.807) is 18.2 Å². The Bertz CT molecular complexity index is 6140. The highest BCUT2D eigenvalue weighted by Crippen LogP contribution is 2.44. The number of benzene rings is 10. The first-order valence-electron chi connectivity index (χ1n) is 32.3. The summed E-state index contributed by atoms with van der Waals surface area (Å²) in [6, 6.07) is 79.6. The number of hydrogen-bond donors (Lipinski definition) is 5. The maximum Gasteiger partial charge on any atom is 0.235 e. The lowest BCUT2D eigenvalue weighted by molar-refractivity contribution is 0.0958. The lowest BCUT2D eigenvalue weighted by Gasteiger charge is -2.07. The molecule has 0 unspecified atom stereocenters. The summed E-state index contributed by atoms with van der Waals surface area (Å²) < 4.78 is 18.7. The number of aromatic nitrogens is 5. The number of ketones is 2. The molecule has 19 heteroatoms. The molecule has 2 aliphatic rings. The van der Waals surface area contributed by atoms with Crippen LogP contribution >= 0.6 is 0 Å². The zero-order valence-electron chi connectivity index (χ0n) is 56.2. The minimum Gasteiger partial charge on any atom is -0.508 e. The van der Waals surface area contributed by atoms with Gasteiger partial charge in [-0.1, -0.05) is 129 Å². The topological polar surface area (TPSA) is 305 Å². The number of hydrogen-bond acceptors (Lipinski definition) is 14. The van der Waals surface area contributed by atoms with Gasteiger partial charge in [-0.2, -0.15) is 26.3 Å². The Morgan fingerprint density at radius 2 is 0.924 bits per heavy atom. The number of nitrogens with zero attached hydrogens (tertiary/aromatic N) is 9. The van der Waals surface area contributed by atoms with Crippen molar-refractivity contribution in [1.29, 1.82) is 26.3 Å². The Morgan fingerprint density at radius 1 is 0.457 bits per heavy atom. The van der Waals surface area contributed by atoms with Gasteiger partial charge in [-0.3, -0.25) is 14.4 Å². The summed E-state index contributed by atoms with van der Waals surface area (Å²) in [7, 11) is 7.83. The average Bonchev–Trinajstić information content (AvgIpc) is 1.59. The van der Waals surface area contributed by atoms with Crippen LogP contribution in [-0.2, 0) is 28.2 Å². The van der Waals surface area contributed by atoms with Gasteiger partial charge in [-0.25, -0.2) is 0 Å². The standard InChI is InChI=1S/C25H16N2O4.C17H12N2O.C16H12N2.C10H8N2.C9H6N2.C8H6O4.CH4/c1-27-18-9-5-8-15(13-26)22(18)17(24(27)14-6-3-2-4-7-14)12-21-25(30)23-19(29)10-16(28)11-20(23)31-21;1-19-15-9-5-8-13(10-18)16(15)14(11-20)17(19)12-6-3-2-4-7-12;1-18-15-9-5-8-13(11-17)14(15)10-16(18)12-6-3-2-4-7-12;1-12-6-5-9-8(7-11)3-2-4-10(9)12;10-6-7-2-1-3-9-8(7)4-5-11-9;9-4-1-5(10)8-6(11)3-12-7(8)2-4;/h2-12,28-29H,1H3;2-9,11H,1H3;2-10H,1H3;2-6H,1H3;1-5,11H;1-2,9-10H,3H2;1H4/b21-12-;;;;;;. The number of aromatic amines is 1. The molecular formula is C86H64N10O9. The van der Waals surface area contributed by atoms with Gasteiger partial charge < -0.3 is 53.2 Å². The van der Waals surface area contributed by atoms with E-state index >= 15 is 0 Å². The van der Waals surface area contributed by atoms with Gasteiger partial charge in [0, 0.05) is 125 Å². The van der Waals surface area contributed by atoms with Crippen LogP contribution in [0.3, 0.4) is 0 Å². The van der Waals surface area contributed by atoms with E-state index in [2.05, 4.69) is 58.1 Å². The van der Waals surface area contributed by atoms with Crippen molar-refractivity contribution in [1.82, 2.24) is 23.3 Å². The van der Waals surface area contributed by atoms with E-state index in [4.69, 9.17) is 30.4 Å². The number of phenols is 4. The molecule has 10 aromatic carbocycles. The predicted octanol–water partition coefficient (Wildman–Crippen LogP) is 17.4. The number of carbonyl (C=O) groups excluding carboxylic acids is 3. The van der Waals surface area contributed by atoms with Crippen LogP contribution in [0, 0.1) is 56.7 Å². The van der Waals surface area contributed by atoms with Crippen molar-refractivity contribution in [3.63, 3.8) is 0 Å². The van der Waals surface area contributed by atoms with E-state index in [1.165, 1.54) is 17.7 Å². The first-order valence-corrected chi connectivity index (χ1v) is 32.3. The number of nitrogens with one attached hydrogen (secondary N) is 1. The number of aromatic hydroxyl groups is 4. The molecule has 5 N–H and O–H groups in total. The number of aryl methyl sites for hydroxylation is 4. The molecule has 0 saturated heterocycles. The van der Waals surface area contributed by atoms with Crippen LogP contribution in [0.2, 0.25) is 0 Å². The quantitative estimate of drug-likeness (QED) is 0.0791. The van der Waals surface area contributed by atoms with Crippen molar-refractivity contribution in [2.75, 3.05) is 6.61 Å². The molecule has 0 aliphatic carbocycles. The Labute approximate surface area is 602 Å². The molecule has 105 heavy (non-hydrogen) atoms. The van der Waals surface area contributed by atoms with Crippen molar-refractivity contribution in [2.45, 2.75) is 7.43 Å². The van der Waals surface area contributed by atoms with Gasteiger partial charge in [0.25, 0.3) is 0 Å². The summed E-state index contributed by atoms with van der Waals surface area (Å²) in [6.45, 7) is -0.0631. The summed E-state index contributed by atoms with van der Waals surface area (Å²) in [5.74, 6) is -1.29. The average molecular weight is 1380 g/mol. The van der Waals surface area contributed by atoms with Crippen LogP contribution in [0.1, 0.15) is 71.9 Å². The van der Waals surface area contributed by atoms with Gasteiger partial charge in [-0.05, 0) is 102 Å². The lowest BCUT2D eigenvalue weighted by atomic mass is 10.0. The van der Waals surface area contributed by atoms with Crippen LogP contribution in [0.25, 0.3) is 94.4 Å². The number of ether oxygens (including phenoxy) is 2. The number of Topliss-reactive ketones (excluding diaryl/α,β-unsaturated/α-hetero) is 2. The highest BCUT2D eigenvalue weighted by molar-refractivity contribution is 6.18. The van der Waals surface area contributed by atoms with Crippen molar-refractivity contribution in [2.24, 2.45) is 28.2 Å². The number of H-pyrrole nitrogens is 1. The number of fused-ring (bicyclic) bond motifs is 7. The van der Waals surface area contributed by atoms with Gasteiger partial charge in [0.1, 0.15) is 45.6 Å². The van der Waals surface area contributed by atoms with Crippen LogP contribution < -0.4 is 9.47 Å². The normalized spacial score (nSPS) is 11.7. The second-order valence-electron chi connectivity index (χ2n) is 23.9. The Balaban J connectivity index is 0.000000131. The van der Waals surface area contributed by atoms with Gasteiger partial charge in [-0.15, -0.1) is 0 Å².